The molecule has 0 bridgehead atoms. The Hall–Kier alpha value is -3.26. The average Bonchev–Trinajstić information content (AvgIpc) is 3.52. The molecule has 1 saturated heterocycles. The lowest BCUT2D eigenvalue weighted by atomic mass is 9.94. The summed E-state index contributed by atoms with van der Waals surface area (Å²) in [7, 11) is 1.90. The van der Waals surface area contributed by atoms with Gasteiger partial charge in [0.1, 0.15) is 6.04 Å². The SMILES string of the molecule is Cn1c(N(C(=O)[C@H]2CCCN2)C(C(=O)NC2CCCCC2)c2cccnc2)nc2ccccc21. The number of rotatable bonds is 6. The molecule has 3 heterocycles. The molecule has 1 aliphatic heterocycles. The monoisotopic (exact) mass is 460 g/mol. The number of para-hydroxylation sites is 2. The first-order valence-electron chi connectivity index (χ1n) is 12.3. The lowest BCUT2D eigenvalue weighted by Crippen LogP contribution is -2.52. The summed E-state index contributed by atoms with van der Waals surface area (Å²) in [5, 5.41) is 6.56. The number of nitrogens with zero attached hydrogens (tertiary/aromatic N) is 4. The Labute approximate surface area is 199 Å². The highest BCUT2D eigenvalue weighted by Crippen LogP contribution is 2.31. The van der Waals surface area contributed by atoms with Crippen LogP contribution in [0.25, 0.3) is 11.0 Å². The molecule has 8 heteroatoms. The molecule has 1 aliphatic carbocycles. The number of carbonyl (C=O) groups is 2. The number of aromatic nitrogens is 3. The van der Waals surface area contributed by atoms with Crippen molar-refractivity contribution in [3.63, 3.8) is 0 Å². The maximum absolute atomic E-state index is 14.0. The van der Waals surface area contributed by atoms with Crippen LogP contribution in [0.15, 0.2) is 48.8 Å². The number of fused-ring (bicyclic) bond motifs is 1. The quantitative estimate of drug-likeness (QED) is 0.589. The minimum absolute atomic E-state index is 0.127. The molecule has 8 nitrogen and oxygen atoms in total. The van der Waals surface area contributed by atoms with Crippen LogP contribution >= 0.6 is 0 Å². The van der Waals surface area contributed by atoms with E-state index in [9.17, 15) is 9.59 Å². The molecule has 1 unspecified atom stereocenters. The standard InChI is InChI=1S/C26H32N6O2/c1-31-22-14-6-5-12-20(22)30-26(31)32(25(34)21-13-8-16-28-21)23(18-9-7-15-27-17-18)24(33)29-19-10-3-2-4-11-19/h5-7,9,12,14-15,17,19,21,23,28H,2-4,8,10-11,13,16H2,1H3,(H,29,33)/t21-,23?/m1/s1. The van der Waals surface area contributed by atoms with E-state index in [0.717, 1.165) is 56.1 Å². The molecule has 2 aliphatic rings. The van der Waals surface area contributed by atoms with Crippen molar-refractivity contribution in [3.05, 3.63) is 54.4 Å². The van der Waals surface area contributed by atoms with Crippen LogP contribution in [-0.4, -0.2) is 45.0 Å². The average molecular weight is 461 g/mol. The smallest absolute Gasteiger partial charge is 0.248 e. The predicted octanol–water partition coefficient (Wildman–Crippen LogP) is 3.24. The van der Waals surface area contributed by atoms with Gasteiger partial charge in [0, 0.05) is 31.0 Å². The predicted molar refractivity (Wildman–Crippen MR) is 131 cm³/mol. The van der Waals surface area contributed by atoms with E-state index in [2.05, 4.69) is 15.6 Å². The van der Waals surface area contributed by atoms with Gasteiger partial charge in [0.05, 0.1) is 17.1 Å². The van der Waals surface area contributed by atoms with Gasteiger partial charge < -0.3 is 15.2 Å². The normalized spacial score (nSPS) is 19.7. The van der Waals surface area contributed by atoms with E-state index in [4.69, 9.17) is 4.98 Å². The maximum Gasteiger partial charge on any atom is 0.248 e. The fourth-order valence-corrected chi connectivity index (χ4v) is 5.24. The van der Waals surface area contributed by atoms with Crippen LogP contribution in [0, 0.1) is 0 Å². The van der Waals surface area contributed by atoms with Gasteiger partial charge in [-0.1, -0.05) is 37.5 Å². The van der Waals surface area contributed by atoms with E-state index in [1.54, 1.807) is 17.3 Å². The summed E-state index contributed by atoms with van der Waals surface area (Å²) in [6.45, 7) is 0.790. The van der Waals surface area contributed by atoms with Crippen molar-refractivity contribution in [2.45, 2.75) is 63.1 Å². The third-order valence-electron chi connectivity index (χ3n) is 7.03. The van der Waals surface area contributed by atoms with E-state index in [1.165, 1.54) is 6.42 Å². The van der Waals surface area contributed by atoms with Crippen LogP contribution < -0.4 is 15.5 Å². The second-order valence-electron chi connectivity index (χ2n) is 9.35. The van der Waals surface area contributed by atoms with Gasteiger partial charge in [0.25, 0.3) is 0 Å². The summed E-state index contributed by atoms with van der Waals surface area (Å²) in [5.74, 6) is 0.148. The van der Waals surface area contributed by atoms with Gasteiger partial charge in [-0.25, -0.2) is 4.98 Å². The van der Waals surface area contributed by atoms with Gasteiger partial charge in [-0.3, -0.25) is 19.5 Å². The van der Waals surface area contributed by atoms with Crippen LogP contribution in [0.1, 0.15) is 56.6 Å². The van der Waals surface area contributed by atoms with E-state index in [0.29, 0.717) is 11.5 Å². The number of nitrogens with one attached hydrogen (secondary N) is 2. The Morgan fingerprint density at radius 3 is 2.62 bits per heavy atom. The highest BCUT2D eigenvalue weighted by molar-refractivity contribution is 6.03. The van der Waals surface area contributed by atoms with Crippen molar-refractivity contribution in [2.75, 3.05) is 11.4 Å². The molecule has 0 radical (unpaired) electrons. The third-order valence-corrected chi connectivity index (χ3v) is 7.03. The molecule has 1 aromatic carbocycles. The van der Waals surface area contributed by atoms with Crippen molar-refractivity contribution in [2.24, 2.45) is 7.05 Å². The van der Waals surface area contributed by atoms with Gasteiger partial charge >= 0.3 is 0 Å². The minimum Gasteiger partial charge on any atom is -0.351 e. The van der Waals surface area contributed by atoms with Crippen LogP contribution in [-0.2, 0) is 16.6 Å². The summed E-state index contributed by atoms with van der Waals surface area (Å²) >= 11 is 0. The summed E-state index contributed by atoms with van der Waals surface area (Å²) in [6.07, 6.45) is 10.4. The lowest BCUT2D eigenvalue weighted by molar-refractivity contribution is -0.128. The van der Waals surface area contributed by atoms with Gasteiger partial charge in [0.2, 0.25) is 17.8 Å². The highest BCUT2D eigenvalue weighted by atomic mass is 16.2. The van der Waals surface area contributed by atoms with Crippen molar-refractivity contribution >= 4 is 28.8 Å². The molecular weight excluding hydrogens is 428 g/mol. The number of carbonyl (C=O) groups excluding carboxylic acids is 2. The first kappa shape index (κ1) is 22.5. The van der Waals surface area contributed by atoms with Gasteiger partial charge in [-0.05, 0) is 50.4 Å². The molecule has 178 valence electrons. The summed E-state index contributed by atoms with van der Waals surface area (Å²) in [5.41, 5.74) is 2.37. The van der Waals surface area contributed by atoms with Crippen LogP contribution in [0.5, 0.6) is 0 Å². The first-order chi connectivity index (χ1) is 16.6. The topological polar surface area (TPSA) is 92.2 Å². The zero-order valence-corrected chi connectivity index (χ0v) is 19.6. The number of benzene rings is 1. The number of hydrogen-bond donors (Lipinski definition) is 2. The van der Waals surface area contributed by atoms with Crippen molar-refractivity contribution in [3.8, 4) is 0 Å². The van der Waals surface area contributed by atoms with Crippen LogP contribution in [0.4, 0.5) is 5.95 Å². The van der Waals surface area contributed by atoms with Crippen LogP contribution in [0.2, 0.25) is 0 Å². The second kappa shape index (κ2) is 9.93. The summed E-state index contributed by atoms with van der Waals surface area (Å²) in [6, 6.07) is 10.4. The number of anilines is 1. The minimum atomic E-state index is -0.860. The van der Waals surface area contributed by atoms with E-state index in [1.807, 2.05) is 48.0 Å². The van der Waals surface area contributed by atoms with Crippen molar-refractivity contribution in [1.82, 2.24) is 25.2 Å². The van der Waals surface area contributed by atoms with Crippen molar-refractivity contribution in [1.29, 1.82) is 0 Å². The second-order valence-corrected chi connectivity index (χ2v) is 9.35. The fourth-order valence-electron chi connectivity index (χ4n) is 5.24. The molecule has 5 rings (SSSR count). The molecule has 0 spiro atoms. The number of imidazole rings is 1. The van der Waals surface area contributed by atoms with Crippen LogP contribution in [0.3, 0.4) is 0 Å². The Bertz CT molecular complexity index is 1150. The Morgan fingerprint density at radius 1 is 1.09 bits per heavy atom. The van der Waals surface area contributed by atoms with Crippen molar-refractivity contribution < 1.29 is 9.59 Å². The molecule has 1 saturated carbocycles. The Balaban J connectivity index is 1.60. The first-order valence-corrected chi connectivity index (χ1v) is 12.3. The molecule has 3 aromatic rings. The molecule has 2 atom stereocenters. The van der Waals surface area contributed by atoms with E-state index < -0.39 is 6.04 Å². The Morgan fingerprint density at radius 2 is 1.91 bits per heavy atom. The molecule has 2 amide bonds. The molecule has 2 aromatic heterocycles. The lowest BCUT2D eigenvalue weighted by Gasteiger charge is -2.33. The van der Waals surface area contributed by atoms with E-state index in [-0.39, 0.29) is 23.9 Å². The fraction of sp³-hybridized carbons (Fsp3) is 0.462. The Kier molecular flexibility index (Phi) is 6.58. The number of aryl methyl sites for hydroxylation is 1. The third kappa shape index (κ3) is 4.42. The van der Waals surface area contributed by atoms with Gasteiger partial charge in [0.15, 0.2) is 0 Å². The summed E-state index contributed by atoms with van der Waals surface area (Å²) in [4.78, 5) is 38.6. The molecule has 34 heavy (non-hydrogen) atoms. The zero-order chi connectivity index (χ0) is 23.5. The maximum atomic E-state index is 14.0. The summed E-state index contributed by atoms with van der Waals surface area (Å²) < 4.78 is 1.90. The van der Waals surface area contributed by atoms with Gasteiger partial charge in [-0.15, -0.1) is 0 Å². The van der Waals surface area contributed by atoms with E-state index >= 15 is 0 Å². The number of amides is 2. The molecule has 2 N–H and O–H groups in total. The molecular formula is C26H32N6O2. The number of pyridine rings is 1. The van der Waals surface area contributed by atoms with Gasteiger partial charge in [-0.2, -0.15) is 0 Å². The molecule has 2 fully saturated rings. The largest absolute Gasteiger partial charge is 0.351 e. The number of hydrogen-bond acceptors (Lipinski definition) is 5. The zero-order valence-electron chi connectivity index (χ0n) is 19.6. The highest BCUT2D eigenvalue weighted by Gasteiger charge is 2.40.